The maximum atomic E-state index is 12.3. The zero-order chi connectivity index (χ0) is 16.5. The molecule has 0 fully saturated rings. The fourth-order valence-electron chi connectivity index (χ4n) is 2.46. The second-order valence-electron chi connectivity index (χ2n) is 5.22. The van der Waals surface area contributed by atoms with Crippen LogP contribution in [-0.2, 0) is 0 Å². The number of aryl methyl sites for hydroxylation is 1. The number of hydrogen-bond donors (Lipinski definition) is 1. The van der Waals surface area contributed by atoms with Gasteiger partial charge in [0.15, 0.2) is 11.4 Å². The largest absolute Gasteiger partial charge is 0.459 e. The molecule has 4 aromatic rings. The normalized spacial score (nSPS) is 10.9. The van der Waals surface area contributed by atoms with E-state index in [0.717, 1.165) is 11.3 Å². The molecule has 0 saturated heterocycles. The average molecular weight is 319 g/mol. The summed E-state index contributed by atoms with van der Waals surface area (Å²) in [5.74, 6) is 0.495. The van der Waals surface area contributed by atoms with Crippen molar-refractivity contribution < 1.29 is 9.21 Å². The molecule has 0 aromatic carbocycles. The molecule has 0 saturated carbocycles. The van der Waals surface area contributed by atoms with Crippen LogP contribution in [0.4, 0.5) is 5.82 Å². The lowest BCUT2D eigenvalue weighted by Gasteiger charge is -2.06. The predicted molar refractivity (Wildman–Crippen MR) is 87.6 cm³/mol. The predicted octanol–water partition coefficient (Wildman–Crippen LogP) is 2.95. The van der Waals surface area contributed by atoms with Gasteiger partial charge in [-0.05, 0) is 31.2 Å². The molecule has 4 heterocycles. The van der Waals surface area contributed by atoms with E-state index in [1.165, 1.54) is 6.26 Å². The van der Waals surface area contributed by atoms with Gasteiger partial charge in [0, 0.05) is 24.2 Å². The van der Waals surface area contributed by atoms with E-state index in [0.29, 0.717) is 17.2 Å². The van der Waals surface area contributed by atoms with Gasteiger partial charge in [-0.25, -0.2) is 4.98 Å². The number of rotatable bonds is 3. The van der Waals surface area contributed by atoms with Crippen LogP contribution in [0.5, 0.6) is 0 Å². The van der Waals surface area contributed by atoms with Crippen LogP contribution in [0.3, 0.4) is 0 Å². The van der Waals surface area contributed by atoms with Gasteiger partial charge in [-0.15, -0.1) is 0 Å². The summed E-state index contributed by atoms with van der Waals surface area (Å²) >= 11 is 0. The molecule has 7 heteroatoms. The number of amides is 1. The molecule has 0 unspecified atom stereocenters. The molecule has 0 aliphatic rings. The molecule has 0 aliphatic heterocycles. The van der Waals surface area contributed by atoms with E-state index in [1.807, 2.05) is 25.3 Å². The molecule has 118 valence electrons. The van der Waals surface area contributed by atoms with E-state index in [1.54, 1.807) is 35.1 Å². The Morgan fingerprint density at radius 3 is 2.92 bits per heavy atom. The molecule has 0 aliphatic carbocycles. The summed E-state index contributed by atoms with van der Waals surface area (Å²) in [6, 6.07) is 7.04. The van der Waals surface area contributed by atoms with Gasteiger partial charge in [0.25, 0.3) is 5.91 Å². The van der Waals surface area contributed by atoms with E-state index in [-0.39, 0.29) is 11.7 Å². The summed E-state index contributed by atoms with van der Waals surface area (Å²) in [7, 11) is 0. The van der Waals surface area contributed by atoms with E-state index in [2.05, 4.69) is 20.3 Å². The molecule has 0 bridgehead atoms. The van der Waals surface area contributed by atoms with Crippen LogP contribution in [0.1, 0.15) is 16.2 Å². The summed E-state index contributed by atoms with van der Waals surface area (Å²) in [4.78, 5) is 25.2. The van der Waals surface area contributed by atoms with Crippen LogP contribution in [0, 0.1) is 6.92 Å². The van der Waals surface area contributed by atoms with Gasteiger partial charge in [-0.3, -0.25) is 19.2 Å². The Balaban J connectivity index is 1.77. The average Bonchev–Trinajstić information content (AvgIpc) is 3.24. The number of imidazole rings is 1. The summed E-state index contributed by atoms with van der Waals surface area (Å²) in [6.45, 7) is 1.83. The summed E-state index contributed by atoms with van der Waals surface area (Å²) < 4.78 is 6.92. The van der Waals surface area contributed by atoms with Crippen LogP contribution in [0.25, 0.3) is 16.9 Å². The second kappa shape index (κ2) is 5.62. The topological polar surface area (TPSA) is 85.3 Å². The highest BCUT2D eigenvalue weighted by molar-refractivity contribution is 6.02. The lowest BCUT2D eigenvalue weighted by molar-refractivity contribution is 0.0996. The second-order valence-corrected chi connectivity index (χ2v) is 5.22. The number of furan rings is 1. The van der Waals surface area contributed by atoms with E-state index in [4.69, 9.17) is 4.42 Å². The van der Waals surface area contributed by atoms with Crippen LogP contribution in [-0.4, -0.2) is 25.3 Å². The first-order valence-corrected chi connectivity index (χ1v) is 7.32. The van der Waals surface area contributed by atoms with E-state index in [9.17, 15) is 4.79 Å². The summed E-state index contributed by atoms with van der Waals surface area (Å²) in [5, 5.41) is 2.84. The van der Waals surface area contributed by atoms with Crippen LogP contribution in [0.15, 0.2) is 59.7 Å². The lowest BCUT2D eigenvalue weighted by Crippen LogP contribution is -2.13. The monoisotopic (exact) mass is 319 g/mol. The van der Waals surface area contributed by atoms with Gasteiger partial charge >= 0.3 is 0 Å². The molecule has 0 atom stereocenters. The third-order valence-corrected chi connectivity index (χ3v) is 3.62. The molecule has 7 nitrogen and oxygen atoms in total. The number of carbonyl (C=O) groups is 1. The first kappa shape index (κ1) is 14.1. The standard InChI is InChI=1S/C17H13N5O2/c1-11-16(21-17(23)14-5-3-7-24-14)22-10-13(19-9-15(22)20-11)12-4-2-6-18-8-12/h2-10H,1H3,(H,21,23). The number of pyridine rings is 1. The first-order chi connectivity index (χ1) is 11.7. The molecule has 1 amide bonds. The number of fused-ring (bicyclic) bond motifs is 1. The van der Waals surface area contributed by atoms with Crippen molar-refractivity contribution >= 4 is 17.4 Å². The minimum absolute atomic E-state index is 0.242. The van der Waals surface area contributed by atoms with Crippen molar-refractivity contribution in [1.82, 2.24) is 19.4 Å². The van der Waals surface area contributed by atoms with Crippen molar-refractivity contribution in [3.8, 4) is 11.3 Å². The number of carbonyl (C=O) groups excluding carboxylic acids is 1. The Morgan fingerprint density at radius 1 is 1.25 bits per heavy atom. The van der Waals surface area contributed by atoms with Crippen LogP contribution >= 0.6 is 0 Å². The minimum atomic E-state index is -0.329. The van der Waals surface area contributed by atoms with E-state index < -0.39 is 0 Å². The quantitative estimate of drug-likeness (QED) is 0.627. The van der Waals surface area contributed by atoms with Crippen molar-refractivity contribution in [1.29, 1.82) is 0 Å². The lowest BCUT2D eigenvalue weighted by atomic mass is 10.2. The van der Waals surface area contributed by atoms with Crippen LogP contribution in [0.2, 0.25) is 0 Å². The zero-order valence-electron chi connectivity index (χ0n) is 12.8. The van der Waals surface area contributed by atoms with Crippen molar-refractivity contribution in [2.75, 3.05) is 5.32 Å². The zero-order valence-corrected chi connectivity index (χ0v) is 12.8. The van der Waals surface area contributed by atoms with Crippen molar-refractivity contribution in [3.05, 3.63) is 66.8 Å². The van der Waals surface area contributed by atoms with E-state index >= 15 is 0 Å². The third kappa shape index (κ3) is 2.41. The number of hydrogen-bond acceptors (Lipinski definition) is 5. The third-order valence-electron chi connectivity index (χ3n) is 3.62. The summed E-state index contributed by atoms with van der Waals surface area (Å²) in [6.07, 6.45) is 8.39. The molecule has 0 spiro atoms. The Hall–Kier alpha value is -3.48. The molecule has 0 radical (unpaired) electrons. The van der Waals surface area contributed by atoms with Gasteiger partial charge in [0.2, 0.25) is 0 Å². The fraction of sp³-hybridized carbons (Fsp3) is 0.0588. The van der Waals surface area contributed by atoms with Crippen molar-refractivity contribution in [2.24, 2.45) is 0 Å². The Kier molecular flexibility index (Phi) is 3.31. The SMILES string of the molecule is Cc1nc2cnc(-c3cccnc3)cn2c1NC(=O)c1ccco1. The first-order valence-electron chi connectivity index (χ1n) is 7.32. The van der Waals surface area contributed by atoms with Crippen LogP contribution < -0.4 is 5.32 Å². The Bertz CT molecular complexity index is 1010. The number of nitrogens with zero attached hydrogens (tertiary/aromatic N) is 4. The molecule has 24 heavy (non-hydrogen) atoms. The van der Waals surface area contributed by atoms with Gasteiger partial charge in [0.05, 0.1) is 23.8 Å². The molecule has 4 aromatic heterocycles. The van der Waals surface area contributed by atoms with Gasteiger partial charge in [-0.2, -0.15) is 0 Å². The van der Waals surface area contributed by atoms with Crippen molar-refractivity contribution in [2.45, 2.75) is 6.92 Å². The number of anilines is 1. The Morgan fingerprint density at radius 2 is 2.17 bits per heavy atom. The minimum Gasteiger partial charge on any atom is -0.459 e. The smallest absolute Gasteiger partial charge is 0.292 e. The number of aromatic nitrogens is 4. The molecular formula is C17H13N5O2. The molecule has 1 N–H and O–H groups in total. The van der Waals surface area contributed by atoms with Gasteiger partial charge < -0.3 is 9.73 Å². The summed E-state index contributed by atoms with van der Waals surface area (Å²) in [5.41, 5.74) is 2.96. The highest BCUT2D eigenvalue weighted by Crippen LogP contribution is 2.22. The molecular weight excluding hydrogens is 306 g/mol. The number of nitrogens with one attached hydrogen (secondary N) is 1. The maximum absolute atomic E-state index is 12.3. The van der Waals surface area contributed by atoms with Gasteiger partial charge in [0.1, 0.15) is 5.82 Å². The van der Waals surface area contributed by atoms with Gasteiger partial charge in [-0.1, -0.05) is 0 Å². The Labute approximate surface area is 137 Å². The highest BCUT2D eigenvalue weighted by atomic mass is 16.3. The highest BCUT2D eigenvalue weighted by Gasteiger charge is 2.15. The van der Waals surface area contributed by atoms with Crippen molar-refractivity contribution in [3.63, 3.8) is 0 Å². The molecule has 4 rings (SSSR count). The maximum Gasteiger partial charge on any atom is 0.292 e. The fourth-order valence-corrected chi connectivity index (χ4v) is 2.46.